The number of amides is 1. The molecule has 0 saturated heterocycles. The van der Waals surface area contributed by atoms with Crippen molar-refractivity contribution >= 4 is 23.5 Å². The number of aliphatic imine (C=N–C) groups is 1. The van der Waals surface area contributed by atoms with E-state index < -0.39 is 0 Å². The molecule has 0 N–H and O–H groups in total. The summed E-state index contributed by atoms with van der Waals surface area (Å²) in [5, 5.41) is 0. The average Bonchev–Trinajstić information content (AvgIpc) is 3.01. The zero-order chi connectivity index (χ0) is 18.8. The molecule has 0 fully saturated rings. The second-order valence-electron chi connectivity index (χ2n) is 6.33. The summed E-state index contributed by atoms with van der Waals surface area (Å²) in [6, 6.07) is 23.5. The fourth-order valence-corrected chi connectivity index (χ4v) is 2.97. The lowest BCUT2D eigenvalue weighted by atomic mass is 10.1. The van der Waals surface area contributed by atoms with E-state index in [9.17, 15) is 9.18 Å². The van der Waals surface area contributed by atoms with Crippen molar-refractivity contribution in [1.82, 2.24) is 0 Å². The van der Waals surface area contributed by atoms with E-state index in [0.29, 0.717) is 11.4 Å². The molecule has 0 spiro atoms. The molecule has 0 bridgehead atoms. The van der Waals surface area contributed by atoms with Crippen LogP contribution < -0.4 is 4.90 Å². The van der Waals surface area contributed by atoms with Gasteiger partial charge in [-0.2, -0.15) is 0 Å². The Morgan fingerprint density at radius 3 is 2.26 bits per heavy atom. The first-order chi connectivity index (χ1) is 13.1. The smallest absolute Gasteiger partial charge is 0.266 e. The molecule has 0 aromatic heterocycles. The molecular weight excluding hydrogens is 339 g/mol. The van der Waals surface area contributed by atoms with Crippen LogP contribution in [-0.2, 0) is 4.79 Å². The van der Waals surface area contributed by atoms with Gasteiger partial charge in [0.15, 0.2) is 0 Å². The lowest BCUT2D eigenvalue weighted by Crippen LogP contribution is -2.32. The molecule has 3 aromatic carbocycles. The Morgan fingerprint density at radius 2 is 1.56 bits per heavy atom. The van der Waals surface area contributed by atoms with Crippen molar-refractivity contribution in [3.63, 3.8) is 0 Å². The summed E-state index contributed by atoms with van der Waals surface area (Å²) in [6.07, 6.45) is 1.49. The van der Waals surface area contributed by atoms with E-state index in [-0.39, 0.29) is 17.4 Å². The summed E-state index contributed by atoms with van der Waals surface area (Å²) in [6.45, 7) is 2.00. The Morgan fingerprint density at radius 1 is 0.889 bits per heavy atom. The van der Waals surface area contributed by atoms with Crippen molar-refractivity contribution < 1.29 is 9.18 Å². The second kappa shape index (κ2) is 7.00. The maximum atomic E-state index is 14.0. The van der Waals surface area contributed by atoms with Crippen LogP contribution >= 0.6 is 0 Å². The summed E-state index contributed by atoms with van der Waals surface area (Å²) in [7, 11) is 0. The van der Waals surface area contributed by atoms with Crippen LogP contribution in [0.5, 0.6) is 0 Å². The minimum atomic E-state index is -0.386. The van der Waals surface area contributed by atoms with Crippen molar-refractivity contribution in [3.05, 3.63) is 107 Å². The standard InChI is InChI=1S/C23H17FN2O/c1-16-11-13-17(14-12-16)22-25-21(15-18-7-5-6-10-20(18)24)23(27)26(22)19-8-3-2-4-9-19/h2-15H,1H3/b21-15+. The maximum absolute atomic E-state index is 14.0. The van der Waals surface area contributed by atoms with Gasteiger partial charge in [-0.1, -0.05) is 66.2 Å². The fraction of sp³-hybridized carbons (Fsp3) is 0.0435. The topological polar surface area (TPSA) is 32.7 Å². The summed E-state index contributed by atoms with van der Waals surface area (Å²) in [5.41, 5.74) is 3.22. The number of aryl methyl sites for hydroxylation is 1. The molecule has 1 aliphatic rings. The van der Waals surface area contributed by atoms with Gasteiger partial charge in [0.1, 0.15) is 17.3 Å². The largest absolute Gasteiger partial charge is 0.282 e. The van der Waals surface area contributed by atoms with Gasteiger partial charge in [0.05, 0.1) is 5.69 Å². The van der Waals surface area contributed by atoms with E-state index >= 15 is 0 Å². The van der Waals surface area contributed by atoms with Crippen molar-refractivity contribution in [1.29, 1.82) is 0 Å². The monoisotopic (exact) mass is 356 g/mol. The number of hydrogen-bond donors (Lipinski definition) is 0. The molecule has 3 aromatic rings. The number of hydrogen-bond acceptors (Lipinski definition) is 2. The Labute approximate surface area is 157 Å². The number of anilines is 1. The molecule has 1 aliphatic heterocycles. The number of halogens is 1. The number of carbonyl (C=O) groups excluding carboxylic acids is 1. The summed E-state index contributed by atoms with van der Waals surface area (Å²) < 4.78 is 14.0. The number of nitrogens with zero attached hydrogens (tertiary/aromatic N) is 2. The molecule has 0 saturated carbocycles. The van der Waals surface area contributed by atoms with Crippen LogP contribution in [0.15, 0.2) is 89.6 Å². The third-order valence-corrected chi connectivity index (χ3v) is 4.38. The highest BCUT2D eigenvalue weighted by Gasteiger charge is 2.32. The van der Waals surface area contributed by atoms with Gasteiger partial charge in [-0.25, -0.2) is 9.38 Å². The predicted molar refractivity (Wildman–Crippen MR) is 106 cm³/mol. The van der Waals surface area contributed by atoms with Gasteiger partial charge < -0.3 is 0 Å². The molecular formula is C23H17FN2O. The fourth-order valence-electron chi connectivity index (χ4n) is 2.97. The third-order valence-electron chi connectivity index (χ3n) is 4.38. The van der Waals surface area contributed by atoms with Crippen molar-refractivity contribution in [3.8, 4) is 0 Å². The van der Waals surface area contributed by atoms with E-state index in [1.807, 2.05) is 61.5 Å². The summed E-state index contributed by atoms with van der Waals surface area (Å²) in [5.74, 6) is -0.128. The Kier molecular flexibility index (Phi) is 4.38. The highest BCUT2D eigenvalue weighted by atomic mass is 19.1. The molecule has 132 valence electrons. The zero-order valence-corrected chi connectivity index (χ0v) is 14.8. The van der Waals surface area contributed by atoms with E-state index in [1.165, 1.54) is 12.1 Å². The van der Waals surface area contributed by atoms with E-state index in [4.69, 9.17) is 0 Å². The molecule has 0 unspecified atom stereocenters. The minimum absolute atomic E-state index is 0.208. The number of carbonyl (C=O) groups is 1. The number of amidine groups is 1. The molecule has 4 heteroatoms. The van der Waals surface area contributed by atoms with Crippen molar-refractivity contribution in [2.75, 3.05) is 4.90 Å². The zero-order valence-electron chi connectivity index (χ0n) is 14.8. The Balaban J connectivity index is 1.84. The molecule has 1 heterocycles. The molecule has 27 heavy (non-hydrogen) atoms. The van der Waals surface area contributed by atoms with E-state index in [2.05, 4.69) is 4.99 Å². The first kappa shape index (κ1) is 16.9. The van der Waals surface area contributed by atoms with Crippen LogP contribution in [0.1, 0.15) is 16.7 Å². The van der Waals surface area contributed by atoms with Gasteiger partial charge in [0.2, 0.25) is 0 Å². The molecule has 4 rings (SSSR count). The second-order valence-corrected chi connectivity index (χ2v) is 6.33. The maximum Gasteiger partial charge on any atom is 0.282 e. The quantitative estimate of drug-likeness (QED) is 0.610. The summed E-state index contributed by atoms with van der Waals surface area (Å²) >= 11 is 0. The van der Waals surface area contributed by atoms with Crippen molar-refractivity contribution in [2.45, 2.75) is 6.92 Å². The normalized spacial score (nSPS) is 15.3. The predicted octanol–water partition coefficient (Wildman–Crippen LogP) is 4.97. The molecule has 3 nitrogen and oxygen atoms in total. The van der Waals surface area contributed by atoms with Gasteiger partial charge in [-0.3, -0.25) is 9.69 Å². The van der Waals surface area contributed by atoms with Crippen LogP contribution in [0.2, 0.25) is 0 Å². The van der Waals surface area contributed by atoms with Crippen LogP contribution in [-0.4, -0.2) is 11.7 Å². The van der Waals surface area contributed by atoms with Crippen LogP contribution in [0.25, 0.3) is 6.08 Å². The third kappa shape index (κ3) is 3.29. The van der Waals surface area contributed by atoms with Gasteiger partial charge >= 0.3 is 0 Å². The van der Waals surface area contributed by atoms with Crippen LogP contribution in [0.3, 0.4) is 0 Å². The highest BCUT2D eigenvalue weighted by Crippen LogP contribution is 2.28. The Hall–Kier alpha value is -3.53. The molecule has 0 radical (unpaired) electrons. The van der Waals surface area contributed by atoms with Gasteiger partial charge in [0.25, 0.3) is 5.91 Å². The van der Waals surface area contributed by atoms with Crippen LogP contribution in [0, 0.1) is 12.7 Å². The molecule has 0 aliphatic carbocycles. The lowest BCUT2D eigenvalue weighted by Gasteiger charge is -2.18. The van der Waals surface area contributed by atoms with E-state index in [1.54, 1.807) is 23.1 Å². The number of benzene rings is 3. The average molecular weight is 356 g/mol. The van der Waals surface area contributed by atoms with Gasteiger partial charge in [-0.05, 0) is 31.2 Å². The number of para-hydroxylation sites is 1. The minimum Gasteiger partial charge on any atom is -0.266 e. The first-order valence-corrected chi connectivity index (χ1v) is 8.65. The molecule has 0 atom stereocenters. The van der Waals surface area contributed by atoms with Crippen molar-refractivity contribution in [2.24, 2.45) is 4.99 Å². The molecule has 1 amide bonds. The van der Waals surface area contributed by atoms with Gasteiger partial charge in [-0.15, -0.1) is 0 Å². The number of rotatable bonds is 3. The SMILES string of the molecule is Cc1ccc(C2=N/C(=C/c3ccccc3F)C(=O)N2c2ccccc2)cc1. The van der Waals surface area contributed by atoms with E-state index in [0.717, 1.165) is 16.8 Å². The van der Waals surface area contributed by atoms with Crippen LogP contribution in [0.4, 0.5) is 10.1 Å². The lowest BCUT2D eigenvalue weighted by molar-refractivity contribution is -0.113. The first-order valence-electron chi connectivity index (χ1n) is 8.65. The Bertz CT molecular complexity index is 1050. The highest BCUT2D eigenvalue weighted by molar-refractivity contribution is 6.33. The van der Waals surface area contributed by atoms with Gasteiger partial charge in [0, 0.05) is 11.1 Å². The summed E-state index contributed by atoms with van der Waals surface area (Å²) in [4.78, 5) is 19.2.